The summed E-state index contributed by atoms with van der Waals surface area (Å²) in [6.45, 7) is 3.47. The van der Waals surface area contributed by atoms with E-state index in [0.717, 1.165) is 47.1 Å². The van der Waals surface area contributed by atoms with Crippen molar-refractivity contribution in [1.29, 1.82) is 0 Å². The molecule has 0 atom stereocenters. The quantitative estimate of drug-likeness (QED) is 0.572. The van der Waals surface area contributed by atoms with Gasteiger partial charge >= 0.3 is 0 Å². The second-order valence-corrected chi connectivity index (χ2v) is 7.17. The van der Waals surface area contributed by atoms with Gasteiger partial charge in [0, 0.05) is 50.6 Å². The van der Waals surface area contributed by atoms with Crippen molar-refractivity contribution in [1.82, 2.24) is 29.4 Å². The number of hydrogen-bond donors (Lipinski definition) is 1. The summed E-state index contributed by atoms with van der Waals surface area (Å²) in [5, 5.41) is 12.1. The minimum atomic E-state index is -0.182. The fourth-order valence-corrected chi connectivity index (χ4v) is 3.68. The summed E-state index contributed by atoms with van der Waals surface area (Å²) < 4.78 is 3.14. The van der Waals surface area contributed by atoms with Crippen LogP contribution in [0.5, 0.6) is 0 Å². The minimum absolute atomic E-state index is 0.182. The molecule has 146 valence electrons. The Labute approximate surface area is 166 Å². The van der Waals surface area contributed by atoms with E-state index < -0.39 is 0 Å². The number of pyridine rings is 1. The largest absolute Gasteiger partial charge is 0.350 e. The van der Waals surface area contributed by atoms with Gasteiger partial charge in [0.05, 0.1) is 18.1 Å². The van der Waals surface area contributed by atoms with Crippen molar-refractivity contribution in [2.24, 2.45) is 7.05 Å². The summed E-state index contributed by atoms with van der Waals surface area (Å²) in [4.78, 5) is 23.2. The molecule has 1 aliphatic rings. The molecule has 4 aromatic heterocycles. The summed E-state index contributed by atoms with van der Waals surface area (Å²) in [6.07, 6.45) is 5.94. The summed E-state index contributed by atoms with van der Waals surface area (Å²) in [5.41, 5.74) is 4.51. The van der Waals surface area contributed by atoms with Crippen molar-refractivity contribution in [2.75, 3.05) is 16.8 Å². The van der Waals surface area contributed by atoms with Gasteiger partial charge in [0.1, 0.15) is 5.82 Å². The van der Waals surface area contributed by atoms with Gasteiger partial charge in [-0.3, -0.25) is 14.5 Å². The van der Waals surface area contributed by atoms with E-state index in [1.54, 1.807) is 10.9 Å². The lowest BCUT2D eigenvalue weighted by Crippen LogP contribution is -2.33. The van der Waals surface area contributed by atoms with Crippen LogP contribution in [0.25, 0.3) is 5.65 Å². The molecule has 29 heavy (non-hydrogen) atoms. The Morgan fingerprint density at radius 2 is 2.03 bits per heavy atom. The van der Waals surface area contributed by atoms with Crippen LogP contribution in [0.2, 0.25) is 0 Å². The van der Waals surface area contributed by atoms with E-state index in [9.17, 15) is 4.79 Å². The second kappa shape index (κ2) is 6.69. The van der Waals surface area contributed by atoms with Crippen LogP contribution in [0, 0.1) is 6.92 Å². The molecule has 0 radical (unpaired) electrons. The van der Waals surface area contributed by atoms with Gasteiger partial charge in [0.15, 0.2) is 11.5 Å². The first-order chi connectivity index (χ1) is 14.1. The van der Waals surface area contributed by atoms with Crippen molar-refractivity contribution in [2.45, 2.75) is 19.9 Å². The van der Waals surface area contributed by atoms with Crippen LogP contribution < -0.4 is 15.8 Å². The van der Waals surface area contributed by atoms with Crippen molar-refractivity contribution in [3.05, 3.63) is 70.0 Å². The van der Waals surface area contributed by atoms with Crippen molar-refractivity contribution >= 4 is 23.0 Å². The first kappa shape index (κ1) is 17.4. The Morgan fingerprint density at radius 1 is 1.14 bits per heavy atom. The van der Waals surface area contributed by atoms with E-state index in [0.29, 0.717) is 12.2 Å². The lowest BCUT2D eigenvalue weighted by Gasteiger charge is -2.30. The fraction of sp³-hybridized carbons (Fsp3) is 0.250. The SMILES string of the molecule is Cc1cc2nccc(=O)n2nc1N1CCc2ncc(Nc3ccnn3C)cc2C1. The van der Waals surface area contributed by atoms with Gasteiger partial charge in [-0.05, 0) is 30.2 Å². The van der Waals surface area contributed by atoms with Crippen molar-refractivity contribution in [3.63, 3.8) is 0 Å². The maximum Gasteiger partial charge on any atom is 0.274 e. The Balaban J connectivity index is 1.47. The highest BCUT2D eigenvalue weighted by Gasteiger charge is 2.21. The van der Waals surface area contributed by atoms with Crippen LogP contribution in [-0.2, 0) is 20.0 Å². The van der Waals surface area contributed by atoms with Crippen LogP contribution >= 0.6 is 0 Å². The van der Waals surface area contributed by atoms with E-state index in [2.05, 4.69) is 36.4 Å². The fourth-order valence-electron chi connectivity index (χ4n) is 3.68. The number of rotatable bonds is 3. The van der Waals surface area contributed by atoms with E-state index >= 15 is 0 Å². The lowest BCUT2D eigenvalue weighted by molar-refractivity contribution is 0.685. The zero-order valence-corrected chi connectivity index (χ0v) is 16.2. The zero-order chi connectivity index (χ0) is 20.0. The number of nitrogens with one attached hydrogen (secondary N) is 1. The number of nitrogens with zero attached hydrogens (tertiary/aromatic N) is 7. The Bertz CT molecular complexity index is 1280. The highest BCUT2D eigenvalue weighted by molar-refractivity contribution is 5.58. The standard InChI is InChI=1S/C20H20N8O/c1-13-9-18-21-6-4-19(29)28(18)25-20(13)27-8-5-16-14(12-27)10-15(11-22-16)24-17-3-7-23-26(17)2/h3-4,6-7,9-11,24H,5,8,12H2,1-2H3. The first-order valence-electron chi connectivity index (χ1n) is 9.42. The molecule has 0 aromatic carbocycles. The van der Waals surface area contributed by atoms with Gasteiger partial charge in [-0.15, -0.1) is 5.10 Å². The molecule has 9 nitrogen and oxygen atoms in total. The molecule has 0 saturated heterocycles. The molecule has 4 aromatic rings. The first-order valence-corrected chi connectivity index (χ1v) is 9.42. The van der Waals surface area contributed by atoms with Crippen LogP contribution in [0.3, 0.4) is 0 Å². The Morgan fingerprint density at radius 3 is 2.86 bits per heavy atom. The molecule has 0 saturated carbocycles. The van der Waals surface area contributed by atoms with Gasteiger partial charge in [-0.2, -0.15) is 9.61 Å². The molecule has 0 amide bonds. The number of aromatic nitrogens is 6. The van der Waals surface area contributed by atoms with Crippen LogP contribution in [0.15, 0.2) is 47.7 Å². The van der Waals surface area contributed by atoms with Gasteiger partial charge in [0.25, 0.3) is 5.56 Å². The maximum atomic E-state index is 12.2. The van der Waals surface area contributed by atoms with E-state index in [-0.39, 0.29) is 5.56 Å². The highest BCUT2D eigenvalue weighted by atomic mass is 16.1. The second-order valence-electron chi connectivity index (χ2n) is 7.17. The van der Waals surface area contributed by atoms with Gasteiger partial charge in [-0.25, -0.2) is 4.98 Å². The summed E-state index contributed by atoms with van der Waals surface area (Å²) >= 11 is 0. The predicted molar refractivity (Wildman–Crippen MR) is 109 cm³/mol. The number of hydrogen-bond acceptors (Lipinski definition) is 7. The summed E-state index contributed by atoms with van der Waals surface area (Å²) in [6, 6.07) is 7.36. The summed E-state index contributed by atoms with van der Waals surface area (Å²) in [5.74, 6) is 1.70. The van der Waals surface area contributed by atoms with E-state index in [1.807, 2.05) is 32.3 Å². The highest BCUT2D eigenvalue weighted by Crippen LogP contribution is 2.27. The molecule has 9 heteroatoms. The molecule has 0 aliphatic carbocycles. The third-order valence-electron chi connectivity index (χ3n) is 5.18. The Kier molecular flexibility index (Phi) is 4.01. The minimum Gasteiger partial charge on any atom is -0.350 e. The normalized spacial score (nSPS) is 13.5. The zero-order valence-electron chi connectivity index (χ0n) is 16.2. The monoisotopic (exact) mass is 388 g/mol. The molecular formula is C20H20N8O. The molecular weight excluding hydrogens is 368 g/mol. The molecule has 5 heterocycles. The maximum absolute atomic E-state index is 12.2. The predicted octanol–water partition coefficient (Wildman–Crippen LogP) is 1.83. The third kappa shape index (κ3) is 3.10. The average Bonchev–Trinajstić information content (AvgIpc) is 3.12. The summed E-state index contributed by atoms with van der Waals surface area (Å²) in [7, 11) is 1.89. The van der Waals surface area contributed by atoms with Crippen molar-refractivity contribution in [3.8, 4) is 0 Å². The number of anilines is 3. The topological polar surface area (TPSA) is 93.2 Å². The smallest absolute Gasteiger partial charge is 0.274 e. The molecule has 0 fully saturated rings. The van der Waals surface area contributed by atoms with Crippen LogP contribution in [0.4, 0.5) is 17.3 Å². The van der Waals surface area contributed by atoms with Crippen LogP contribution in [-0.4, -0.2) is 35.9 Å². The molecule has 0 bridgehead atoms. The van der Waals surface area contributed by atoms with Gasteiger partial charge in [0.2, 0.25) is 0 Å². The molecule has 0 unspecified atom stereocenters. The lowest BCUT2D eigenvalue weighted by atomic mass is 10.0. The van der Waals surface area contributed by atoms with Crippen LogP contribution in [0.1, 0.15) is 16.8 Å². The average molecular weight is 388 g/mol. The van der Waals surface area contributed by atoms with E-state index in [4.69, 9.17) is 0 Å². The van der Waals surface area contributed by atoms with Crippen molar-refractivity contribution < 1.29 is 0 Å². The third-order valence-corrected chi connectivity index (χ3v) is 5.18. The molecule has 5 rings (SSSR count). The molecule has 0 spiro atoms. The Hall–Kier alpha value is -3.75. The number of fused-ring (bicyclic) bond motifs is 2. The number of aryl methyl sites for hydroxylation is 2. The molecule has 1 N–H and O–H groups in total. The molecule has 1 aliphatic heterocycles. The van der Waals surface area contributed by atoms with E-state index in [1.165, 1.54) is 16.8 Å². The van der Waals surface area contributed by atoms with Gasteiger partial charge in [-0.1, -0.05) is 0 Å². The van der Waals surface area contributed by atoms with Gasteiger partial charge < -0.3 is 10.2 Å².